The first-order chi connectivity index (χ1) is 10.1. The van der Waals surface area contributed by atoms with Gasteiger partial charge in [-0.25, -0.2) is 0 Å². The molecule has 1 fully saturated rings. The molecule has 1 aromatic rings. The van der Waals surface area contributed by atoms with E-state index in [2.05, 4.69) is 5.32 Å². The number of ether oxygens (including phenoxy) is 1. The third-order valence-corrected chi connectivity index (χ3v) is 4.08. The van der Waals surface area contributed by atoms with Crippen molar-refractivity contribution in [2.24, 2.45) is 0 Å². The van der Waals surface area contributed by atoms with E-state index in [0.29, 0.717) is 13.1 Å². The highest BCUT2D eigenvalue weighted by Crippen LogP contribution is 2.27. The molecular formula is C17H27NO3. The molecule has 4 nitrogen and oxygen atoms in total. The molecule has 0 bridgehead atoms. The van der Waals surface area contributed by atoms with Crippen molar-refractivity contribution in [3.63, 3.8) is 0 Å². The molecule has 2 rings (SSSR count). The summed E-state index contributed by atoms with van der Waals surface area (Å²) >= 11 is 0. The van der Waals surface area contributed by atoms with Crippen LogP contribution in [0.1, 0.15) is 37.7 Å². The maximum Gasteiger partial charge on any atom is 0.119 e. The molecule has 1 aromatic carbocycles. The third-order valence-electron chi connectivity index (χ3n) is 4.08. The van der Waals surface area contributed by atoms with Crippen molar-refractivity contribution in [1.29, 1.82) is 0 Å². The summed E-state index contributed by atoms with van der Waals surface area (Å²) in [5, 5.41) is 23.4. The van der Waals surface area contributed by atoms with Gasteiger partial charge in [0, 0.05) is 13.1 Å². The molecule has 1 aliphatic carbocycles. The van der Waals surface area contributed by atoms with Gasteiger partial charge in [0.25, 0.3) is 0 Å². The van der Waals surface area contributed by atoms with E-state index < -0.39 is 11.7 Å². The van der Waals surface area contributed by atoms with Gasteiger partial charge in [-0.3, -0.25) is 0 Å². The highest BCUT2D eigenvalue weighted by Gasteiger charge is 2.28. The normalized spacial score (nSPS) is 19.2. The molecule has 0 heterocycles. The van der Waals surface area contributed by atoms with Crippen molar-refractivity contribution < 1.29 is 14.9 Å². The summed E-state index contributed by atoms with van der Waals surface area (Å²) in [6.07, 6.45) is 4.55. The Bertz CT molecular complexity index is 413. The van der Waals surface area contributed by atoms with E-state index >= 15 is 0 Å². The molecule has 0 spiro atoms. The van der Waals surface area contributed by atoms with Gasteiger partial charge < -0.3 is 20.3 Å². The van der Waals surface area contributed by atoms with Gasteiger partial charge >= 0.3 is 0 Å². The van der Waals surface area contributed by atoms with Gasteiger partial charge in [-0.15, -0.1) is 0 Å². The summed E-state index contributed by atoms with van der Waals surface area (Å²) in [6.45, 7) is 3.27. The number of aliphatic hydroxyl groups excluding tert-OH is 1. The molecule has 0 saturated heterocycles. The number of aliphatic hydroxyl groups is 2. The summed E-state index contributed by atoms with van der Waals surface area (Å²) in [7, 11) is 0. The molecule has 1 aliphatic rings. The first-order valence-corrected chi connectivity index (χ1v) is 7.88. The standard InChI is InChI=1S/C17H27NO3/c1-14-5-7-16(8-6-14)21-12-15(19)11-18-13-17(20)9-3-2-4-10-17/h5-8,15,18-20H,2-4,9-13H2,1H3. The Labute approximate surface area is 127 Å². The fraction of sp³-hybridized carbons (Fsp3) is 0.647. The molecule has 0 radical (unpaired) electrons. The van der Waals surface area contributed by atoms with E-state index in [-0.39, 0.29) is 6.61 Å². The number of rotatable bonds is 7. The molecule has 1 unspecified atom stereocenters. The molecule has 21 heavy (non-hydrogen) atoms. The van der Waals surface area contributed by atoms with Crippen molar-refractivity contribution in [2.45, 2.75) is 50.7 Å². The van der Waals surface area contributed by atoms with Crippen LogP contribution in [0.15, 0.2) is 24.3 Å². The second-order valence-electron chi connectivity index (χ2n) is 6.19. The van der Waals surface area contributed by atoms with Crippen LogP contribution < -0.4 is 10.1 Å². The van der Waals surface area contributed by atoms with Crippen molar-refractivity contribution in [3.8, 4) is 5.75 Å². The van der Waals surface area contributed by atoms with E-state index in [1.807, 2.05) is 31.2 Å². The monoisotopic (exact) mass is 293 g/mol. The van der Waals surface area contributed by atoms with Crippen LogP contribution in [0.5, 0.6) is 5.75 Å². The zero-order chi connectivity index (χ0) is 15.1. The largest absolute Gasteiger partial charge is 0.491 e. The van der Waals surface area contributed by atoms with E-state index in [1.54, 1.807) is 0 Å². The minimum absolute atomic E-state index is 0.258. The van der Waals surface area contributed by atoms with Gasteiger partial charge in [0.2, 0.25) is 0 Å². The maximum atomic E-state index is 10.3. The van der Waals surface area contributed by atoms with Crippen LogP contribution >= 0.6 is 0 Å². The average Bonchev–Trinajstić information content (AvgIpc) is 2.47. The Hall–Kier alpha value is -1.10. The number of aryl methyl sites for hydroxylation is 1. The quantitative estimate of drug-likeness (QED) is 0.720. The molecule has 1 atom stereocenters. The molecule has 3 N–H and O–H groups in total. The van der Waals surface area contributed by atoms with Crippen LogP contribution in [0.2, 0.25) is 0 Å². The van der Waals surface area contributed by atoms with Crippen LogP contribution in [0.25, 0.3) is 0 Å². The van der Waals surface area contributed by atoms with E-state index in [1.165, 1.54) is 12.0 Å². The number of nitrogens with one attached hydrogen (secondary N) is 1. The predicted octanol–water partition coefficient (Wildman–Crippen LogP) is 2.02. The van der Waals surface area contributed by atoms with Gasteiger partial charge in [-0.05, 0) is 31.9 Å². The fourth-order valence-electron chi connectivity index (χ4n) is 2.74. The molecule has 0 aromatic heterocycles. The highest BCUT2D eigenvalue weighted by molar-refractivity contribution is 5.26. The number of hydrogen-bond acceptors (Lipinski definition) is 4. The topological polar surface area (TPSA) is 61.7 Å². The Morgan fingerprint density at radius 1 is 1.19 bits per heavy atom. The molecular weight excluding hydrogens is 266 g/mol. The summed E-state index contributed by atoms with van der Waals surface area (Å²) in [6, 6.07) is 7.78. The first-order valence-electron chi connectivity index (χ1n) is 7.88. The van der Waals surface area contributed by atoms with Gasteiger partial charge in [-0.1, -0.05) is 37.0 Å². The summed E-state index contributed by atoms with van der Waals surface area (Å²) < 4.78 is 5.54. The summed E-state index contributed by atoms with van der Waals surface area (Å²) in [4.78, 5) is 0. The van der Waals surface area contributed by atoms with E-state index in [0.717, 1.165) is 31.4 Å². The van der Waals surface area contributed by atoms with Crippen molar-refractivity contribution in [3.05, 3.63) is 29.8 Å². The molecule has 0 aliphatic heterocycles. The molecule has 118 valence electrons. The lowest BCUT2D eigenvalue weighted by molar-refractivity contribution is 0.00142. The second kappa shape index (κ2) is 7.78. The van der Waals surface area contributed by atoms with Gasteiger partial charge in [0.1, 0.15) is 18.5 Å². The smallest absolute Gasteiger partial charge is 0.119 e. The SMILES string of the molecule is Cc1ccc(OCC(O)CNCC2(O)CCCCC2)cc1. The fourth-order valence-corrected chi connectivity index (χ4v) is 2.74. The maximum absolute atomic E-state index is 10.3. The predicted molar refractivity (Wildman–Crippen MR) is 83.6 cm³/mol. The van der Waals surface area contributed by atoms with Crippen LogP contribution in [-0.4, -0.2) is 41.6 Å². The number of hydrogen-bond donors (Lipinski definition) is 3. The lowest BCUT2D eigenvalue weighted by Crippen LogP contribution is -2.44. The zero-order valence-electron chi connectivity index (χ0n) is 12.8. The first kappa shape index (κ1) is 16.3. The van der Waals surface area contributed by atoms with Crippen LogP contribution in [0.3, 0.4) is 0 Å². The Kier molecular flexibility index (Phi) is 6.03. The van der Waals surface area contributed by atoms with Crippen molar-refractivity contribution >= 4 is 0 Å². The Morgan fingerprint density at radius 3 is 2.52 bits per heavy atom. The minimum Gasteiger partial charge on any atom is -0.491 e. The van der Waals surface area contributed by atoms with Crippen molar-refractivity contribution in [2.75, 3.05) is 19.7 Å². The lowest BCUT2D eigenvalue weighted by Gasteiger charge is -2.32. The Morgan fingerprint density at radius 2 is 1.86 bits per heavy atom. The molecule has 0 amide bonds. The second-order valence-corrected chi connectivity index (χ2v) is 6.19. The molecule has 4 heteroatoms. The third kappa shape index (κ3) is 5.65. The van der Waals surface area contributed by atoms with E-state index in [4.69, 9.17) is 4.74 Å². The summed E-state index contributed by atoms with van der Waals surface area (Å²) in [5.41, 5.74) is 0.598. The highest BCUT2D eigenvalue weighted by atomic mass is 16.5. The number of benzene rings is 1. The lowest BCUT2D eigenvalue weighted by atomic mass is 9.85. The average molecular weight is 293 g/mol. The van der Waals surface area contributed by atoms with Crippen LogP contribution in [0, 0.1) is 6.92 Å². The zero-order valence-corrected chi connectivity index (χ0v) is 12.8. The van der Waals surface area contributed by atoms with Crippen LogP contribution in [-0.2, 0) is 0 Å². The van der Waals surface area contributed by atoms with E-state index in [9.17, 15) is 10.2 Å². The van der Waals surface area contributed by atoms with Gasteiger partial charge in [0.15, 0.2) is 0 Å². The molecule has 1 saturated carbocycles. The van der Waals surface area contributed by atoms with Crippen molar-refractivity contribution in [1.82, 2.24) is 5.32 Å². The Balaban J connectivity index is 1.63. The van der Waals surface area contributed by atoms with Gasteiger partial charge in [-0.2, -0.15) is 0 Å². The minimum atomic E-state index is -0.588. The van der Waals surface area contributed by atoms with Crippen LogP contribution in [0.4, 0.5) is 0 Å². The van der Waals surface area contributed by atoms with Gasteiger partial charge in [0.05, 0.1) is 5.60 Å². The summed E-state index contributed by atoms with van der Waals surface area (Å²) in [5.74, 6) is 0.769.